The van der Waals surface area contributed by atoms with Crippen LogP contribution in [0.4, 0.5) is 10.2 Å². The zero-order valence-corrected chi connectivity index (χ0v) is 12.8. The quantitative estimate of drug-likeness (QED) is 0.872. The maximum Gasteiger partial charge on any atom is 0.124 e. The van der Waals surface area contributed by atoms with Crippen LogP contribution in [0.3, 0.4) is 0 Å². The van der Waals surface area contributed by atoms with E-state index >= 15 is 0 Å². The fourth-order valence-corrected chi connectivity index (χ4v) is 2.60. The lowest BCUT2D eigenvalue weighted by atomic mass is 10.0. The Bertz CT molecular complexity index is 569. The van der Waals surface area contributed by atoms with E-state index in [0.717, 1.165) is 22.0 Å². The van der Waals surface area contributed by atoms with Crippen LogP contribution in [0, 0.1) is 5.82 Å². The Morgan fingerprint density at radius 2 is 2.15 bits per heavy atom. The fraction of sp³-hybridized carbons (Fsp3) is 0.267. The van der Waals surface area contributed by atoms with E-state index in [1.54, 1.807) is 12.3 Å². The molecule has 2 rings (SSSR count). The van der Waals surface area contributed by atoms with E-state index in [1.165, 1.54) is 6.07 Å². The molecule has 0 fully saturated rings. The van der Waals surface area contributed by atoms with Gasteiger partial charge in [-0.3, -0.25) is 0 Å². The number of nitrogens with two attached hydrogens (primary N) is 1. The highest BCUT2D eigenvalue weighted by Crippen LogP contribution is 2.23. The van der Waals surface area contributed by atoms with Gasteiger partial charge in [0, 0.05) is 23.3 Å². The second-order valence-corrected chi connectivity index (χ2v) is 5.55. The zero-order valence-electron chi connectivity index (χ0n) is 11.2. The predicted octanol–water partition coefficient (Wildman–Crippen LogP) is 3.81. The van der Waals surface area contributed by atoms with Crippen molar-refractivity contribution in [2.45, 2.75) is 25.9 Å². The molecule has 1 heterocycles. The number of hydrogen-bond acceptors (Lipinski definition) is 3. The van der Waals surface area contributed by atoms with Crippen LogP contribution in [0.15, 0.2) is 41.0 Å². The monoisotopic (exact) mass is 337 g/mol. The number of nitrogens with zero attached hydrogens (tertiary/aromatic N) is 1. The SMILES string of the molecule is CCC(NCc1ccnc(N)c1)c1cc(F)cc(Br)c1. The number of pyridine rings is 1. The van der Waals surface area contributed by atoms with Crippen molar-refractivity contribution in [2.75, 3.05) is 5.73 Å². The van der Waals surface area contributed by atoms with Crippen molar-refractivity contribution in [3.05, 3.63) is 57.9 Å². The number of hydrogen-bond donors (Lipinski definition) is 2. The minimum absolute atomic E-state index is 0.0939. The molecular formula is C15H17BrFN3. The van der Waals surface area contributed by atoms with Crippen LogP contribution < -0.4 is 11.1 Å². The molecule has 1 aromatic heterocycles. The Kier molecular flexibility index (Phi) is 5.09. The molecule has 0 bridgehead atoms. The normalized spacial score (nSPS) is 12.3. The largest absolute Gasteiger partial charge is 0.384 e. The van der Waals surface area contributed by atoms with Crippen LogP contribution in [0.25, 0.3) is 0 Å². The van der Waals surface area contributed by atoms with E-state index in [9.17, 15) is 4.39 Å². The number of rotatable bonds is 5. The molecule has 0 aliphatic heterocycles. The summed E-state index contributed by atoms with van der Waals surface area (Å²) in [5.74, 6) is 0.272. The van der Waals surface area contributed by atoms with Crippen molar-refractivity contribution in [3.8, 4) is 0 Å². The maximum atomic E-state index is 13.5. The lowest BCUT2D eigenvalue weighted by Crippen LogP contribution is -2.20. The van der Waals surface area contributed by atoms with Crippen LogP contribution in [0.1, 0.15) is 30.5 Å². The fourth-order valence-electron chi connectivity index (χ4n) is 2.12. The van der Waals surface area contributed by atoms with E-state index < -0.39 is 0 Å². The van der Waals surface area contributed by atoms with Gasteiger partial charge in [-0.25, -0.2) is 9.37 Å². The lowest BCUT2D eigenvalue weighted by molar-refractivity contribution is 0.514. The van der Waals surface area contributed by atoms with E-state index in [1.807, 2.05) is 18.2 Å². The third-order valence-corrected chi connectivity index (χ3v) is 3.55. The third kappa shape index (κ3) is 4.02. The molecule has 3 N–H and O–H groups in total. The summed E-state index contributed by atoms with van der Waals surface area (Å²) < 4.78 is 14.2. The van der Waals surface area contributed by atoms with E-state index in [4.69, 9.17) is 5.73 Å². The molecule has 0 amide bonds. The highest BCUT2D eigenvalue weighted by molar-refractivity contribution is 9.10. The van der Waals surface area contributed by atoms with Crippen LogP contribution in [-0.4, -0.2) is 4.98 Å². The second-order valence-electron chi connectivity index (χ2n) is 4.63. The first kappa shape index (κ1) is 14.9. The molecule has 106 valence electrons. The molecule has 1 aromatic carbocycles. The number of aromatic nitrogens is 1. The molecule has 1 unspecified atom stereocenters. The first-order chi connectivity index (χ1) is 9.58. The number of anilines is 1. The van der Waals surface area contributed by atoms with Gasteiger partial charge in [-0.1, -0.05) is 22.9 Å². The van der Waals surface area contributed by atoms with Crippen LogP contribution in [-0.2, 0) is 6.54 Å². The molecule has 0 saturated carbocycles. The number of benzene rings is 1. The van der Waals surface area contributed by atoms with Crippen molar-refractivity contribution in [1.82, 2.24) is 10.3 Å². The van der Waals surface area contributed by atoms with E-state index in [2.05, 4.69) is 33.2 Å². The maximum absolute atomic E-state index is 13.5. The average molecular weight is 338 g/mol. The van der Waals surface area contributed by atoms with Crippen LogP contribution >= 0.6 is 15.9 Å². The van der Waals surface area contributed by atoms with Gasteiger partial charge in [0.25, 0.3) is 0 Å². The van der Waals surface area contributed by atoms with Crippen molar-refractivity contribution < 1.29 is 4.39 Å². The number of nitrogen functional groups attached to an aromatic ring is 1. The molecule has 5 heteroatoms. The van der Waals surface area contributed by atoms with Gasteiger partial charge in [0.1, 0.15) is 11.6 Å². The smallest absolute Gasteiger partial charge is 0.124 e. The molecule has 0 aliphatic rings. The molecule has 0 radical (unpaired) electrons. The minimum atomic E-state index is -0.234. The Labute approximate surface area is 126 Å². The van der Waals surface area contributed by atoms with Crippen molar-refractivity contribution in [2.24, 2.45) is 0 Å². The molecule has 0 aliphatic carbocycles. The van der Waals surface area contributed by atoms with Crippen LogP contribution in [0.2, 0.25) is 0 Å². The highest BCUT2D eigenvalue weighted by Gasteiger charge is 2.11. The van der Waals surface area contributed by atoms with Gasteiger partial charge in [-0.15, -0.1) is 0 Å². The predicted molar refractivity (Wildman–Crippen MR) is 82.6 cm³/mol. The summed E-state index contributed by atoms with van der Waals surface area (Å²) >= 11 is 3.32. The average Bonchev–Trinajstić information content (AvgIpc) is 2.38. The first-order valence-corrected chi connectivity index (χ1v) is 7.27. The van der Waals surface area contributed by atoms with E-state index in [0.29, 0.717) is 12.4 Å². The molecule has 1 atom stereocenters. The topological polar surface area (TPSA) is 50.9 Å². The van der Waals surface area contributed by atoms with Gasteiger partial charge in [0.15, 0.2) is 0 Å². The summed E-state index contributed by atoms with van der Waals surface area (Å²) in [5, 5.41) is 3.41. The van der Waals surface area contributed by atoms with Gasteiger partial charge >= 0.3 is 0 Å². The van der Waals surface area contributed by atoms with Gasteiger partial charge in [-0.2, -0.15) is 0 Å². The van der Waals surface area contributed by atoms with Gasteiger partial charge in [0.05, 0.1) is 0 Å². The molecule has 2 aromatic rings. The molecule has 0 saturated heterocycles. The zero-order chi connectivity index (χ0) is 14.5. The Balaban J connectivity index is 2.09. The van der Waals surface area contributed by atoms with Crippen molar-refractivity contribution >= 4 is 21.7 Å². The van der Waals surface area contributed by atoms with Gasteiger partial charge in [-0.05, 0) is 47.9 Å². The van der Waals surface area contributed by atoms with Crippen molar-refractivity contribution in [1.29, 1.82) is 0 Å². The second kappa shape index (κ2) is 6.81. The summed E-state index contributed by atoms with van der Waals surface area (Å²) in [5.41, 5.74) is 7.65. The van der Waals surface area contributed by atoms with Crippen molar-refractivity contribution in [3.63, 3.8) is 0 Å². The van der Waals surface area contributed by atoms with Gasteiger partial charge in [0.2, 0.25) is 0 Å². The molecule has 0 spiro atoms. The lowest BCUT2D eigenvalue weighted by Gasteiger charge is -2.18. The number of halogens is 2. The molecule has 3 nitrogen and oxygen atoms in total. The van der Waals surface area contributed by atoms with E-state index in [-0.39, 0.29) is 11.9 Å². The summed E-state index contributed by atoms with van der Waals surface area (Å²) in [7, 11) is 0. The van der Waals surface area contributed by atoms with Gasteiger partial charge < -0.3 is 11.1 Å². The Hall–Kier alpha value is -1.46. The highest BCUT2D eigenvalue weighted by atomic mass is 79.9. The summed E-state index contributed by atoms with van der Waals surface area (Å²) in [4.78, 5) is 3.96. The summed E-state index contributed by atoms with van der Waals surface area (Å²) in [6.45, 7) is 2.73. The Morgan fingerprint density at radius 3 is 2.80 bits per heavy atom. The third-order valence-electron chi connectivity index (χ3n) is 3.09. The Morgan fingerprint density at radius 1 is 1.35 bits per heavy atom. The standard InChI is InChI=1S/C15H17BrFN3/c1-2-14(11-6-12(16)8-13(17)7-11)20-9-10-3-4-19-15(18)5-10/h3-8,14,20H,2,9H2,1H3,(H2,18,19). The number of nitrogens with one attached hydrogen (secondary N) is 1. The molecule has 20 heavy (non-hydrogen) atoms. The first-order valence-electron chi connectivity index (χ1n) is 6.48. The summed E-state index contributed by atoms with van der Waals surface area (Å²) in [6, 6.07) is 8.80. The minimum Gasteiger partial charge on any atom is -0.384 e. The summed E-state index contributed by atoms with van der Waals surface area (Å²) in [6.07, 6.45) is 2.56. The van der Waals surface area contributed by atoms with Crippen LogP contribution in [0.5, 0.6) is 0 Å². The molecular weight excluding hydrogens is 321 g/mol.